The minimum Gasteiger partial charge on any atom is -0.332 e. The van der Waals surface area contributed by atoms with Gasteiger partial charge in [-0.15, -0.1) is 11.3 Å². The summed E-state index contributed by atoms with van der Waals surface area (Å²) in [6, 6.07) is 9.25. The first-order chi connectivity index (χ1) is 15.5. The lowest BCUT2D eigenvalue weighted by Gasteiger charge is -2.08. The quantitative estimate of drug-likeness (QED) is 0.276. The molecule has 9 heteroatoms. The minimum absolute atomic E-state index is 0.0972. The number of nitrogens with zero attached hydrogens (tertiary/aromatic N) is 1. The summed E-state index contributed by atoms with van der Waals surface area (Å²) in [7, 11) is 0. The third-order valence-electron chi connectivity index (χ3n) is 5.71. The zero-order valence-electron chi connectivity index (χ0n) is 17.7. The van der Waals surface area contributed by atoms with Gasteiger partial charge in [0.25, 0.3) is 11.5 Å². The fourth-order valence-corrected chi connectivity index (χ4v) is 5.42. The number of rotatable bonds is 7. The van der Waals surface area contributed by atoms with Crippen LogP contribution in [0.15, 0.2) is 35.1 Å². The summed E-state index contributed by atoms with van der Waals surface area (Å²) in [6.07, 6.45) is 6.88. The van der Waals surface area contributed by atoms with Crippen LogP contribution in [0.3, 0.4) is 0 Å². The summed E-state index contributed by atoms with van der Waals surface area (Å²) < 4.78 is 1.97. The predicted octanol–water partition coefficient (Wildman–Crippen LogP) is 4.02. The first-order valence-electron chi connectivity index (χ1n) is 11.0. The number of benzene rings is 1. The van der Waals surface area contributed by atoms with Crippen LogP contribution in [0.1, 0.15) is 58.6 Å². The highest BCUT2D eigenvalue weighted by atomic mass is 32.1. The van der Waals surface area contributed by atoms with Gasteiger partial charge in [-0.3, -0.25) is 29.8 Å². The molecule has 1 aliphatic carbocycles. The molecule has 3 N–H and O–H groups in total. The van der Waals surface area contributed by atoms with Crippen molar-refractivity contribution in [3.63, 3.8) is 0 Å². The maximum Gasteiger partial charge on any atom is 0.279 e. The van der Waals surface area contributed by atoms with Crippen molar-refractivity contribution >= 4 is 46.3 Å². The van der Waals surface area contributed by atoms with Gasteiger partial charge < -0.3 is 4.98 Å². The minimum atomic E-state index is -0.261. The van der Waals surface area contributed by atoms with E-state index in [1.54, 1.807) is 10.6 Å². The van der Waals surface area contributed by atoms with Gasteiger partial charge in [0.2, 0.25) is 5.91 Å². The topological polar surface area (TPSA) is 96.0 Å². The second-order valence-corrected chi connectivity index (χ2v) is 9.54. The number of aromatic nitrogens is 2. The molecule has 32 heavy (non-hydrogen) atoms. The smallest absolute Gasteiger partial charge is 0.279 e. The highest BCUT2D eigenvalue weighted by Crippen LogP contribution is 2.29. The molecule has 0 bridgehead atoms. The van der Waals surface area contributed by atoms with E-state index in [4.69, 9.17) is 12.2 Å². The molecule has 0 aliphatic heterocycles. The maximum absolute atomic E-state index is 12.6. The lowest BCUT2D eigenvalue weighted by Crippen LogP contribution is -2.41. The molecule has 1 aliphatic rings. The van der Waals surface area contributed by atoms with Gasteiger partial charge in [0.05, 0.1) is 15.8 Å². The molecular formula is C23H26N4O3S2. The molecule has 2 aromatic heterocycles. The third kappa shape index (κ3) is 5.16. The average molecular weight is 471 g/mol. The Labute approximate surface area is 194 Å². The van der Waals surface area contributed by atoms with Crippen molar-refractivity contribution in [2.24, 2.45) is 0 Å². The number of hydrogen-bond donors (Lipinski definition) is 3. The largest absolute Gasteiger partial charge is 0.332 e. The van der Waals surface area contributed by atoms with Crippen LogP contribution in [0.5, 0.6) is 0 Å². The summed E-state index contributed by atoms with van der Waals surface area (Å²) in [5, 5.41) is 0.614. The lowest BCUT2D eigenvalue weighted by molar-refractivity contribution is -0.122. The Hall–Kier alpha value is -2.78. The molecule has 168 valence electrons. The van der Waals surface area contributed by atoms with Crippen LogP contribution in [-0.2, 0) is 24.2 Å². The number of aryl methyl sites for hydroxylation is 2. The summed E-state index contributed by atoms with van der Waals surface area (Å²) in [5.74, 6) is -0.484. The van der Waals surface area contributed by atoms with E-state index in [9.17, 15) is 14.4 Å². The maximum atomic E-state index is 12.6. The van der Waals surface area contributed by atoms with Crippen LogP contribution in [0.4, 0.5) is 0 Å². The number of thiophene rings is 1. The van der Waals surface area contributed by atoms with Crippen LogP contribution in [-0.4, -0.2) is 21.4 Å². The Morgan fingerprint density at radius 2 is 1.91 bits per heavy atom. The first kappa shape index (κ1) is 22.4. The van der Waals surface area contributed by atoms with Crippen LogP contribution < -0.4 is 16.4 Å². The van der Waals surface area contributed by atoms with E-state index in [1.165, 1.54) is 34.6 Å². The number of carbonyl (C=O) groups excluding carboxylic acids is 2. The Morgan fingerprint density at radius 3 is 2.75 bits per heavy atom. The number of aromatic amines is 1. The van der Waals surface area contributed by atoms with Crippen molar-refractivity contribution < 1.29 is 9.59 Å². The van der Waals surface area contributed by atoms with Crippen molar-refractivity contribution in [3.05, 3.63) is 60.8 Å². The van der Waals surface area contributed by atoms with E-state index in [0.29, 0.717) is 34.4 Å². The summed E-state index contributed by atoms with van der Waals surface area (Å²) >= 11 is 6.84. The fraction of sp³-hybridized carbons (Fsp3) is 0.391. The fourth-order valence-electron chi connectivity index (χ4n) is 3.99. The molecule has 0 radical (unpaired) electrons. The van der Waals surface area contributed by atoms with E-state index in [0.717, 1.165) is 31.2 Å². The van der Waals surface area contributed by atoms with Crippen LogP contribution in [0, 0.1) is 4.77 Å². The molecule has 0 saturated carbocycles. The zero-order chi connectivity index (χ0) is 22.5. The third-order valence-corrected chi connectivity index (χ3v) is 7.27. The number of hydrogen-bond acceptors (Lipinski definition) is 5. The number of fused-ring (bicyclic) bond motifs is 2. The predicted molar refractivity (Wildman–Crippen MR) is 128 cm³/mol. The molecule has 0 fully saturated rings. The lowest BCUT2D eigenvalue weighted by atomic mass is 9.99. The molecule has 0 unspecified atom stereocenters. The zero-order valence-corrected chi connectivity index (χ0v) is 19.4. The van der Waals surface area contributed by atoms with Gasteiger partial charge in [-0.05, 0) is 74.5 Å². The number of unbranched alkanes of at least 4 members (excludes halogenated alkanes) is 2. The molecule has 0 atom stereocenters. The van der Waals surface area contributed by atoms with Gasteiger partial charge >= 0.3 is 0 Å². The summed E-state index contributed by atoms with van der Waals surface area (Å²) in [4.78, 5) is 42.0. The Morgan fingerprint density at radius 1 is 1.09 bits per heavy atom. The Kier molecular flexibility index (Phi) is 7.16. The van der Waals surface area contributed by atoms with Gasteiger partial charge in [0.15, 0.2) is 4.77 Å². The molecule has 0 saturated heterocycles. The molecule has 7 nitrogen and oxygen atoms in total. The van der Waals surface area contributed by atoms with Crippen molar-refractivity contribution in [1.82, 2.24) is 20.4 Å². The molecule has 3 aromatic rings. The van der Waals surface area contributed by atoms with Gasteiger partial charge in [-0.1, -0.05) is 18.6 Å². The second kappa shape index (κ2) is 10.2. The van der Waals surface area contributed by atoms with Crippen molar-refractivity contribution in [3.8, 4) is 0 Å². The van der Waals surface area contributed by atoms with E-state index in [-0.39, 0.29) is 17.4 Å². The molecule has 1 aromatic carbocycles. The number of carbonyl (C=O) groups is 2. The highest BCUT2D eigenvalue weighted by Gasteiger charge is 2.17. The molecule has 0 spiro atoms. The normalized spacial score (nSPS) is 13.0. The second-order valence-electron chi connectivity index (χ2n) is 8.01. The van der Waals surface area contributed by atoms with E-state index in [1.807, 2.05) is 24.3 Å². The Bertz CT molecular complexity index is 1230. The number of amides is 2. The van der Waals surface area contributed by atoms with Gasteiger partial charge in [-0.2, -0.15) is 0 Å². The summed E-state index contributed by atoms with van der Waals surface area (Å²) in [5.41, 5.74) is 6.92. The SMILES string of the molecule is O=C(CCCCCn1c(=S)[nH]c2ccccc2c1=O)NNC(=O)c1cc2c(s1)CCCC2. The van der Waals surface area contributed by atoms with Gasteiger partial charge in [-0.25, -0.2) is 0 Å². The standard InChI is InChI=1S/C23H26N4O3S2/c28-20(25-26-21(29)19-14-15-8-3-6-11-18(15)32-19)12-2-1-7-13-27-22(30)16-9-4-5-10-17(16)24-23(27)31/h4-5,9-10,14H,1-3,6-8,11-13H2,(H,24,31)(H,25,28)(H,26,29). The number of H-pyrrole nitrogens is 1. The van der Waals surface area contributed by atoms with Crippen LogP contribution in [0.2, 0.25) is 0 Å². The molecule has 4 rings (SSSR count). The molecule has 2 amide bonds. The number of hydrazine groups is 1. The van der Waals surface area contributed by atoms with E-state index >= 15 is 0 Å². The highest BCUT2D eigenvalue weighted by molar-refractivity contribution is 7.71. The first-order valence-corrected chi connectivity index (χ1v) is 12.2. The molecule has 2 heterocycles. The monoisotopic (exact) mass is 470 g/mol. The van der Waals surface area contributed by atoms with Crippen molar-refractivity contribution in [1.29, 1.82) is 0 Å². The van der Waals surface area contributed by atoms with Crippen LogP contribution in [0.25, 0.3) is 10.9 Å². The van der Waals surface area contributed by atoms with Gasteiger partial charge in [0.1, 0.15) is 0 Å². The average Bonchev–Trinajstić information content (AvgIpc) is 3.23. The van der Waals surface area contributed by atoms with Crippen molar-refractivity contribution in [2.45, 2.75) is 57.9 Å². The molecular weight excluding hydrogens is 444 g/mol. The van der Waals surface area contributed by atoms with E-state index in [2.05, 4.69) is 15.8 Å². The van der Waals surface area contributed by atoms with E-state index < -0.39 is 0 Å². The summed E-state index contributed by atoms with van der Waals surface area (Å²) in [6.45, 7) is 0.500. The number of nitrogens with one attached hydrogen (secondary N) is 3. The van der Waals surface area contributed by atoms with Crippen molar-refractivity contribution in [2.75, 3.05) is 0 Å². The van der Waals surface area contributed by atoms with Crippen LogP contribution >= 0.6 is 23.6 Å². The Balaban J connectivity index is 1.19. The van der Waals surface area contributed by atoms with Gasteiger partial charge in [0, 0.05) is 17.8 Å². The number of para-hydroxylation sites is 1.